The lowest BCUT2D eigenvalue weighted by molar-refractivity contribution is -0.120. The minimum atomic E-state index is 0.0499. The zero-order chi connectivity index (χ0) is 12.3. The molecule has 0 aromatic carbocycles. The maximum Gasteiger partial charge on any atom is 0.234 e. The molecule has 0 saturated heterocycles. The third kappa shape index (κ3) is 3.56. The summed E-state index contributed by atoms with van der Waals surface area (Å²) in [6, 6.07) is 0. The molecule has 1 heterocycles. The highest BCUT2D eigenvalue weighted by Gasteiger charge is 2.20. The second-order valence-corrected chi connectivity index (χ2v) is 4.73. The lowest BCUT2D eigenvalue weighted by Gasteiger charge is -2.06. The molecule has 5 heteroatoms. The van der Waals surface area contributed by atoms with Crippen molar-refractivity contribution in [3.63, 3.8) is 0 Å². The van der Waals surface area contributed by atoms with E-state index in [1.165, 1.54) is 12.8 Å². The van der Waals surface area contributed by atoms with Crippen LogP contribution >= 0.6 is 0 Å². The van der Waals surface area contributed by atoms with E-state index in [9.17, 15) is 4.79 Å². The highest BCUT2D eigenvalue weighted by Crippen LogP contribution is 2.27. The lowest BCUT2D eigenvalue weighted by Crippen LogP contribution is -2.34. The SMILES string of the molecule is Cc1c(CNC(=O)CNCC2CC2)cnn1C. The average Bonchev–Trinajstić information content (AvgIpc) is 3.06. The second-order valence-electron chi connectivity index (χ2n) is 4.73. The molecule has 1 aromatic rings. The maximum absolute atomic E-state index is 11.5. The molecule has 1 saturated carbocycles. The molecule has 0 unspecified atom stereocenters. The molecule has 1 fully saturated rings. The van der Waals surface area contributed by atoms with E-state index < -0.39 is 0 Å². The number of carbonyl (C=O) groups excluding carboxylic acids is 1. The number of hydrogen-bond donors (Lipinski definition) is 2. The van der Waals surface area contributed by atoms with Crippen LogP contribution in [-0.4, -0.2) is 28.8 Å². The molecule has 17 heavy (non-hydrogen) atoms. The summed E-state index contributed by atoms with van der Waals surface area (Å²) in [4.78, 5) is 11.5. The summed E-state index contributed by atoms with van der Waals surface area (Å²) in [5, 5.41) is 10.2. The molecular weight excluding hydrogens is 216 g/mol. The van der Waals surface area contributed by atoms with E-state index in [-0.39, 0.29) is 5.91 Å². The van der Waals surface area contributed by atoms with Gasteiger partial charge in [-0.3, -0.25) is 9.48 Å². The predicted molar refractivity (Wildman–Crippen MR) is 65.4 cm³/mol. The second kappa shape index (κ2) is 5.31. The highest BCUT2D eigenvalue weighted by molar-refractivity contribution is 5.77. The lowest BCUT2D eigenvalue weighted by atomic mass is 10.2. The fourth-order valence-corrected chi connectivity index (χ4v) is 1.69. The number of carbonyl (C=O) groups is 1. The predicted octanol–water partition coefficient (Wildman–Crippen LogP) is 0.344. The van der Waals surface area contributed by atoms with Crippen LogP contribution in [0, 0.1) is 12.8 Å². The first kappa shape index (κ1) is 12.1. The Morgan fingerprint density at radius 1 is 1.59 bits per heavy atom. The molecule has 94 valence electrons. The number of aryl methyl sites for hydroxylation is 1. The Balaban J connectivity index is 1.66. The van der Waals surface area contributed by atoms with Gasteiger partial charge in [-0.15, -0.1) is 0 Å². The van der Waals surface area contributed by atoms with Crippen molar-refractivity contribution in [2.24, 2.45) is 13.0 Å². The van der Waals surface area contributed by atoms with Crippen LogP contribution in [0.3, 0.4) is 0 Å². The summed E-state index contributed by atoms with van der Waals surface area (Å²) in [5.74, 6) is 0.859. The molecule has 0 spiro atoms. The Bertz CT molecular complexity index is 395. The quantitative estimate of drug-likeness (QED) is 0.749. The monoisotopic (exact) mass is 236 g/mol. The zero-order valence-corrected chi connectivity index (χ0v) is 10.5. The van der Waals surface area contributed by atoms with Crippen LogP contribution in [0.15, 0.2) is 6.20 Å². The minimum absolute atomic E-state index is 0.0499. The van der Waals surface area contributed by atoms with Gasteiger partial charge in [0.1, 0.15) is 0 Å². The average molecular weight is 236 g/mol. The summed E-state index contributed by atoms with van der Waals surface area (Å²) in [6.45, 7) is 3.94. The number of amides is 1. The largest absolute Gasteiger partial charge is 0.351 e. The molecule has 0 atom stereocenters. The van der Waals surface area contributed by atoms with E-state index in [1.807, 2.05) is 18.7 Å². The highest BCUT2D eigenvalue weighted by atomic mass is 16.1. The van der Waals surface area contributed by atoms with Crippen LogP contribution in [0.1, 0.15) is 24.1 Å². The van der Waals surface area contributed by atoms with Gasteiger partial charge in [-0.1, -0.05) is 0 Å². The summed E-state index contributed by atoms with van der Waals surface area (Å²) >= 11 is 0. The Morgan fingerprint density at radius 2 is 2.35 bits per heavy atom. The van der Waals surface area contributed by atoms with Gasteiger partial charge >= 0.3 is 0 Å². The van der Waals surface area contributed by atoms with E-state index in [0.29, 0.717) is 13.1 Å². The van der Waals surface area contributed by atoms with Gasteiger partial charge in [0.05, 0.1) is 12.7 Å². The molecule has 5 nitrogen and oxygen atoms in total. The third-order valence-corrected chi connectivity index (χ3v) is 3.23. The first-order valence-electron chi connectivity index (χ1n) is 6.11. The van der Waals surface area contributed by atoms with Gasteiger partial charge in [0.15, 0.2) is 0 Å². The first-order chi connectivity index (χ1) is 8.16. The van der Waals surface area contributed by atoms with Crippen LogP contribution in [-0.2, 0) is 18.4 Å². The zero-order valence-electron chi connectivity index (χ0n) is 10.5. The number of nitrogens with one attached hydrogen (secondary N) is 2. The molecule has 1 aliphatic rings. The van der Waals surface area contributed by atoms with Crippen molar-refractivity contribution < 1.29 is 4.79 Å². The fraction of sp³-hybridized carbons (Fsp3) is 0.667. The van der Waals surface area contributed by atoms with E-state index in [1.54, 1.807) is 6.20 Å². The van der Waals surface area contributed by atoms with Gasteiger partial charge in [-0.25, -0.2) is 0 Å². The van der Waals surface area contributed by atoms with Crippen LogP contribution < -0.4 is 10.6 Å². The third-order valence-electron chi connectivity index (χ3n) is 3.23. The molecule has 0 aliphatic heterocycles. The van der Waals surface area contributed by atoms with Gasteiger partial charge in [0.25, 0.3) is 0 Å². The molecular formula is C12H20N4O. The summed E-state index contributed by atoms with van der Waals surface area (Å²) in [7, 11) is 1.90. The Hall–Kier alpha value is -1.36. The summed E-state index contributed by atoms with van der Waals surface area (Å²) in [5.41, 5.74) is 2.17. The standard InChI is InChI=1S/C12H20N4O/c1-9-11(7-15-16(9)2)6-14-12(17)8-13-5-10-3-4-10/h7,10,13H,3-6,8H2,1-2H3,(H,14,17). The minimum Gasteiger partial charge on any atom is -0.351 e. The molecule has 1 aliphatic carbocycles. The number of nitrogens with zero attached hydrogens (tertiary/aromatic N) is 2. The van der Waals surface area contributed by atoms with Crippen molar-refractivity contribution in [3.8, 4) is 0 Å². The Morgan fingerprint density at radius 3 is 2.94 bits per heavy atom. The Kier molecular flexibility index (Phi) is 3.78. The van der Waals surface area contributed by atoms with Gasteiger partial charge in [0.2, 0.25) is 5.91 Å². The van der Waals surface area contributed by atoms with E-state index >= 15 is 0 Å². The van der Waals surface area contributed by atoms with E-state index in [2.05, 4.69) is 15.7 Å². The van der Waals surface area contributed by atoms with Gasteiger partial charge < -0.3 is 10.6 Å². The van der Waals surface area contributed by atoms with Gasteiger partial charge in [-0.05, 0) is 32.2 Å². The Labute approximate surface area is 102 Å². The van der Waals surface area contributed by atoms with Crippen LogP contribution in [0.5, 0.6) is 0 Å². The topological polar surface area (TPSA) is 59.0 Å². The molecule has 2 N–H and O–H groups in total. The van der Waals surface area contributed by atoms with Gasteiger partial charge in [0, 0.05) is 24.8 Å². The summed E-state index contributed by atoms with van der Waals surface area (Å²) in [6.07, 6.45) is 4.42. The van der Waals surface area contributed by atoms with Crippen molar-refractivity contribution in [2.75, 3.05) is 13.1 Å². The number of aromatic nitrogens is 2. The van der Waals surface area contributed by atoms with Crippen LogP contribution in [0.25, 0.3) is 0 Å². The number of hydrogen-bond acceptors (Lipinski definition) is 3. The molecule has 1 aromatic heterocycles. The smallest absolute Gasteiger partial charge is 0.234 e. The van der Waals surface area contributed by atoms with Crippen LogP contribution in [0.2, 0.25) is 0 Å². The van der Waals surface area contributed by atoms with Crippen LogP contribution in [0.4, 0.5) is 0 Å². The van der Waals surface area contributed by atoms with Crippen molar-refractivity contribution in [1.82, 2.24) is 20.4 Å². The van der Waals surface area contributed by atoms with Crippen molar-refractivity contribution in [1.29, 1.82) is 0 Å². The van der Waals surface area contributed by atoms with Crippen molar-refractivity contribution >= 4 is 5.91 Å². The summed E-state index contributed by atoms with van der Waals surface area (Å²) < 4.78 is 1.81. The first-order valence-corrected chi connectivity index (χ1v) is 6.11. The maximum atomic E-state index is 11.5. The molecule has 0 bridgehead atoms. The van der Waals surface area contributed by atoms with E-state index in [4.69, 9.17) is 0 Å². The van der Waals surface area contributed by atoms with Crippen molar-refractivity contribution in [3.05, 3.63) is 17.5 Å². The molecule has 0 radical (unpaired) electrons. The van der Waals surface area contributed by atoms with Crippen molar-refractivity contribution in [2.45, 2.75) is 26.3 Å². The molecule has 1 amide bonds. The number of rotatable bonds is 6. The fourth-order valence-electron chi connectivity index (χ4n) is 1.69. The van der Waals surface area contributed by atoms with Gasteiger partial charge in [-0.2, -0.15) is 5.10 Å². The normalized spacial score (nSPS) is 14.9. The molecule has 2 rings (SSSR count). The van der Waals surface area contributed by atoms with E-state index in [0.717, 1.165) is 23.7 Å².